The number of hydrogen-bond donors (Lipinski definition) is 3. The Hall–Kier alpha value is -1.38. The third-order valence-corrected chi connectivity index (χ3v) is 2.38. The molecule has 1 rings (SSSR count). The quantitative estimate of drug-likeness (QED) is 0.603. The van der Waals surface area contributed by atoms with Crippen molar-refractivity contribution in [3.05, 3.63) is 17.2 Å². The Morgan fingerprint density at radius 3 is 2.08 bits per heavy atom. The van der Waals surface area contributed by atoms with Gasteiger partial charge in [0.25, 0.3) is 0 Å². The first kappa shape index (κ1) is 9.71. The van der Waals surface area contributed by atoms with Crippen LogP contribution in [0.1, 0.15) is 25.0 Å². The lowest BCUT2D eigenvalue weighted by Crippen LogP contribution is -2.06. The second-order valence-electron chi connectivity index (χ2n) is 3.14. The van der Waals surface area contributed by atoms with Crippen LogP contribution in [0.4, 0.5) is 17.1 Å². The number of nitrogen functional groups attached to an aromatic ring is 3. The first-order valence-corrected chi connectivity index (χ1v) is 4.56. The van der Waals surface area contributed by atoms with Crippen molar-refractivity contribution in [1.82, 2.24) is 0 Å². The first-order chi connectivity index (χ1) is 6.11. The lowest BCUT2D eigenvalue weighted by atomic mass is 9.99. The van der Waals surface area contributed by atoms with Gasteiger partial charge in [0.05, 0.1) is 17.1 Å². The number of rotatable bonds is 2. The van der Waals surface area contributed by atoms with Crippen molar-refractivity contribution < 1.29 is 0 Å². The largest absolute Gasteiger partial charge is 0.397 e. The summed E-state index contributed by atoms with van der Waals surface area (Å²) >= 11 is 0. The molecule has 0 spiro atoms. The van der Waals surface area contributed by atoms with Crippen LogP contribution in [0.2, 0.25) is 0 Å². The number of aryl methyl sites for hydroxylation is 1. The molecule has 0 saturated carbocycles. The molecule has 0 aliphatic rings. The molecule has 72 valence electrons. The minimum absolute atomic E-state index is 0.522. The van der Waals surface area contributed by atoms with Crippen LogP contribution >= 0.6 is 0 Å². The summed E-state index contributed by atoms with van der Waals surface area (Å²) in [6.45, 7) is 4.16. The van der Waals surface area contributed by atoms with E-state index in [1.807, 2.05) is 6.07 Å². The van der Waals surface area contributed by atoms with Gasteiger partial charge < -0.3 is 17.2 Å². The molecular weight excluding hydrogens is 162 g/mol. The van der Waals surface area contributed by atoms with E-state index in [0.717, 1.165) is 18.4 Å². The molecule has 0 fully saturated rings. The van der Waals surface area contributed by atoms with Crippen molar-refractivity contribution in [3.8, 4) is 0 Å². The maximum atomic E-state index is 5.87. The Balaban J connectivity index is 3.39. The lowest BCUT2D eigenvalue weighted by molar-refractivity contribution is 1.04. The molecule has 6 N–H and O–H groups in total. The van der Waals surface area contributed by atoms with E-state index in [2.05, 4.69) is 13.8 Å². The Labute approximate surface area is 78.9 Å². The van der Waals surface area contributed by atoms with Gasteiger partial charge in [0.15, 0.2) is 0 Å². The lowest BCUT2D eigenvalue weighted by Gasteiger charge is -2.13. The molecule has 0 unspecified atom stereocenters. The average Bonchev–Trinajstić information content (AvgIpc) is 2.13. The van der Waals surface area contributed by atoms with Crippen molar-refractivity contribution in [1.29, 1.82) is 0 Å². The SMILES string of the molecule is CCc1cc(N)c(N)c(N)c1CC. The highest BCUT2D eigenvalue weighted by atomic mass is 14.7. The first-order valence-electron chi connectivity index (χ1n) is 4.56. The Bertz CT molecular complexity index is 318. The molecule has 0 bridgehead atoms. The number of nitrogens with two attached hydrogens (primary N) is 3. The smallest absolute Gasteiger partial charge is 0.0784 e. The average molecular weight is 179 g/mol. The second kappa shape index (κ2) is 3.56. The fourth-order valence-electron chi connectivity index (χ4n) is 1.58. The van der Waals surface area contributed by atoms with Gasteiger partial charge in [0.2, 0.25) is 0 Å². The molecule has 0 aliphatic heterocycles. The van der Waals surface area contributed by atoms with E-state index in [4.69, 9.17) is 17.2 Å². The van der Waals surface area contributed by atoms with E-state index < -0.39 is 0 Å². The van der Waals surface area contributed by atoms with E-state index >= 15 is 0 Å². The van der Waals surface area contributed by atoms with Crippen LogP contribution in [0.25, 0.3) is 0 Å². The molecule has 0 heterocycles. The van der Waals surface area contributed by atoms with Gasteiger partial charge in [-0.2, -0.15) is 0 Å². The summed E-state index contributed by atoms with van der Waals surface area (Å²) in [6, 6.07) is 1.92. The molecule has 1 aromatic rings. The predicted molar refractivity (Wildman–Crippen MR) is 58.4 cm³/mol. The van der Waals surface area contributed by atoms with E-state index in [1.54, 1.807) is 0 Å². The monoisotopic (exact) mass is 179 g/mol. The molecular formula is C10H17N3. The van der Waals surface area contributed by atoms with Gasteiger partial charge >= 0.3 is 0 Å². The van der Waals surface area contributed by atoms with Crippen LogP contribution in [0.3, 0.4) is 0 Å². The van der Waals surface area contributed by atoms with Gasteiger partial charge in [-0.1, -0.05) is 13.8 Å². The third-order valence-electron chi connectivity index (χ3n) is 2.38. The Morgan fingerprint density at radius 2 is 1.62 bits per heavy atom. The summed E-state index contributed by atoms with van der Waals surface area (Å²) in [7, 11) is 0. The molecule has 0 atom stereocenters. The molecule has 3 nitrogen and oxygen atoms in total. The van der Waals surface area contributed by atoms with Crippen LogP contribution in [-0.2, 0) is 12.8 Å². The van der Waals surface area contributed by atoms with Crippen molar-refractivity contribution in [2.75, 3.05) is 17.2 Å². The summed E-state index contributed by atoms with van der Waals surface area (Å²) in [6.07, 6.45) is 1.84. The summed E-state index contributed by atoms with van der Waals surface area (Å²) in [5, 5.41) is 0. The van der Waals surface area contributed by atoms with E-state index in [0.29, 0.717) is 17.1 Å². The van der Waals surface area contributed by atoms with Gasteiger partial charge in [-0.25, -0.2) is 0 Å². The molecule has 0 aromatic heterocycles. The number of benzene rings is 1. The standard InChI is InChI=1S/C10H17N3/c1-3-6-5-8(11)10(13)9(12)7(6)4-2/h5H,3-4,11-13H2,1-2H3. The zero-order valence-corrected chi connectivity index (χ0v) is 8.22. The summed E-state index contributed by atoms with van der Waals surface area (Å²) < 4.78 is 0. The molecule has 0 radical (unpaired) electrons. The topological polar surface area (TPSA) is 78.1 Å². The molecule has 0 aliphatic carbocycles. The fraction of sp³-hybridized carbons (Fsp3) is 0.400. The molecule has 13 heavy (non-hydrogen) atoms. The number of hydrogen-bond acceptors (Lipinski definition) is 3. The van der Waals surface area contributed by atoms with Gasteiger partial charge in [-0.3, -0.25) is 0 Å². The van der Waals surface area contributed by atoms with Crippen LogP contribution in [-0.4, -0.2) is 0 Å². The Morgan fingerprint density at radius 1 is 1.00 bits per heavy atom. The summed E-state index contributed by atoms with van der Waals surface area (Å²) in [5.41, 5.74) is 21.4. The van der Waals surface area contributed by atoms with Gasteiger partial charge in [-0.15, -0.1) is 0 Å². The zero-order valence-electron chi connectivity index (χ0n) is 8.22. The predicted octanol–water partition coefficient (Wildman–Crippen LogP) is 1.56. The van der Waals surface area contributed by atoms with Crippen LogP contribution in [0.5, 0.6) is 0 Å². The third kappa shape index (κ3) is 1.54. The van der Waals surface area contributed by atoms with Crippen molar-refractivity contribution >= 4 is 17.1 Å². The fourth-order valence-corrected chi connectivity index (χ4v) is 1.58. The minimum Gasteiger partial charge on any atom is -0.397 e. The van der Waals surface area contributed by atoms with Gasteiger partial charge in [-0.05, 0) is 30.0 Å². The van der Waals surface area contributed by atoms with Gasteiger partial charge in [0, 0.05) is 0 Å². The van der Waals surface area contributed by atoms with Crippen LogP contribution in [0.15, 0.2) is 6.07 Å². The Kier molecular flexibility index (Phi) is 2.66. The van der Waals surface area contributed by atoms with E-state index in [1.165, 1.54) is 5.56 Å². The highest BCUT2D eigenvalue weighted by Crippen LogP contribution is 2.30. The van der Waals surface area contributed by atoms with Crippen LogP contribution in [0, 0.1) is 0 Å². The molecule has 0 amide bonds. The zero-order chi connectivity index (χ0) is 10.0. The second-order valence-corrected chi connectivity index (χ2v) is 3.14. The van der Waals surface area contributed by atoms with Crippen molar-refractivity contribution in [3.63, 3.8) is 0 Å². The van der Waals surface area contributed by atoms with E-state index in [9.17, 15) is 0 Å². The highest BCUT2D eigenvalue weighted by molar-refractivity contribution is 5.81. The highest BCUT2D eigenvalue weighted by Gasteiger charge is 2.09. The molecule has 0 saturated heterocycles. The maximum Gasteiger partial charge on any atom is 0.0784 e. The van der Waals surface area contributed by atoms with E-state index in [-0.39, 0.29) is 0 Å². The summed E-state index contributed by atoms with van der Waals surface area (Å²) in [5.74, 6) is 0. The molecule has 3 heteroatoms. The summed E-state index contributed by atoms with van der Waals surface area (Å²) in [4.78, 5) is 0. The molecule has 1 aromatic carbocycles. The maximum absolute atomic E-state index is 5.87. The number of anilines is 3. The van der Waals surface area contributed by atoms with Crippen LogP contribution < -0.4 is 17.2 Å². The van der Waals surface area contributed by atoms with Gasteiger partial charge in [0.1, 0.15) is 0 Å². The minimum atomic E-state index is 0.522. The normalized spacial score (nSPS) is 10.3. The van der Waals surface area contributed by atoms with Crippen molar-refractivity contribution in [2.45, 2.75) is 26.7 Å². The van der Waals surface area contributed by atoms with Crippen molar-refractivity contribution in [2.24, 2.45) is 0 Å².